The van der Waals surface area contributed by atoms with Crippen LogP contribution in [0.1, 0.15) is 19.8 Å². The van der Waals surface area contributed by atoms with Crippen molar-refractivity contribution in [3.8, 4) is 0 Å². The topological polar surface area (TPSA) is 63.4 Å². The van der Waals surface area contributed by atoms with Gasteiger partial charge in [-0.1, -0.05) is 6.92 Å². The number of rotatable bonds is 3. The van der Waals surface area contributed by atoms with Gasteiger partial charge in [0, 0.05) is 22.7 Å². The summed E-state index contributed by atoms with van der Waals surface area (Å²) in [5.74, 6) is 0.317. The average Bonchev–Trinajstić information content (AvgIpc) is 2.39. The van der Waals surface area contributed by atoms with Gasteiger partial charge in [-0.2, -0.15) is 4.31 Å². The van der Waals surface area contributed by atoms with Gasteiger partial charge < -0.3 is 5.73 Å². The van der Waals surface area contributed by atoms with Crippen molar-refractivity contribution in [1.82, 2.24) is 4.31 Å². The van der Waals surface area contributed by atoms with Gasteiger partial charge >= 0.3 is 0 Å². The lowest BCUT2D eigenvalue weighted by Gasteiger charge is -2.38. The molecule has 106 valence electrons. The monoisotopic (exact) mass is 394 g/mol. The first kappa shape index (κ1) is 15.2. The Morgan fingerprint density at radius 1 is 1.37 bits per heavy atom. The quantitative estimate of drug-likeness (QED) is 0.799. The van der Waals surface area contributed by atoms with Gasteiger partial charge in [0.15, 0.2) is 0 Å². The Hall–Kier alpha value is -0.180. The van der Waals surface area contributed by atoms with Crippen LogP contribution in [0.25, 0.3) is 0 Å². The predicted molar refractivity (Wildman–Crippen MR) is 84.3 cm³/mol. The van der Waals surface area contributed by atoms with Gasteiger partial charge in [0.2, 0.25) is 10.0 Å². The molecule has 0 aromatic heterocycles. The van der Waals surface area contributed by atoms with Crippen LogP contribution < -0.4 is 5.73 Å². The average molecular weight is 394 g/mol. The number of hydrogen-bond acceptors (Lipinski definition) is 3. The van der Waals surface area contributed by atoms with Crippen LogP contribution in [-0.4, -0.2) is 31.9 Å². The zero-order valence-corrected chi connectivity index (χ0v) is 13.9. The van der Waals surface area contributed by atoms with E-state index in [2.05, 4.69) is 29.5 Å². The van der Waals surface area contributed by atoms with E-state index in [0.29, 0.717) is 23.9 Å². The summed E-state index contributed by atoms with van der Waals surface area (Å²) in [7, 11) is -3.42. The second kappa shape index (κ2) is 6.07. The van der Waals surface area contributed by atoms with Crippen LogP contribution in [0.3, 0.4) is 0 Å². The molecule has 1 aromatic rings. The van der Waals surface area contributed by atoms with E-state index in [1.165, 1.54) is 0 Å². The van der Waals surface area contributed by atoms with Crippen molar-refractivity contribution >= 4 is 32.6 Å². The highest BCUT2D eigenvalue weighted by atomic mass is 127. The maximum absolute atomic E-state index is 12.7. The molecule has 1 saturated heterocycles. The molecule has 1 aromatic carbocycles. The Labute approximate surface area is 128 Å². The molecular weight excluding hydrogens is 375 g/mol. The molecule has 0 spiro atoms. The first-order valence-corrected chi connectivity index (χ1v) is 8.96. The van der Waals surface area contributed by atoms with Crippen molar-refractivity contribution in [1.29, 1.82) is 0 Å². The summed E-state index contributed by atoms with van der Waals surface area (Å²) < 4.78 is 28.0. The van der Waals surface area contributed by atoms with E-state index in [4.69, 9.17) is 5.73 Å². The van der Waals surface area contributed by atoms with Crippen LogP contribution in [-0.2, 0) is 10.0 Å². The predicted octanol–water partition coefficient (Wildman–Crippen LogP) is 2.04. The van der Waals surface area contributed by atoms with Crippen molar-refractivity contribution < 1.29 is 8.42 Å². The number of hydrogen-bond donors (Lipinski definition) is 1. The molecule has 19 heavy (non-hydrogen) atoms. The SMILES string of the molecule is CC1CCCN(S(=O)(=O)c2ccc(I)cc2)C1CN. The molecular formula is C13H19IN2O2S. The third kappa shape index (κ3) is 3.12. The molecule has 0 saturated carbocycles. The number of piperidine rings is 1. The Balaban J connectivity index is 2.35. The van der Waals surface area contributed by atoms with Crippen molar-refractivity contribution in [3.05, 3.63) is 27.8 Å². The van der Waals surface area contributed by atoms with Crippen molar-refractivity contribution in [2.75, 3.05) is 13.1 Å². The zero-order valence-electron chi connectivity index (χ0n) is 10.9. The molecule has 1 fully saturated rings. The second-order valence-electron chi connectivity index (χ2n) is 4.99. The molecule has 4 nitrogen and oxygen atoms in total. The molecule has 0 radical (unpaired) electrons. The number of sulfonamides is 1. The van der Waals surface area contributed by atoms with Crippen molar-refractivity contribution in [2.45, 2.75) is 30.7 Å². The zero-order chi connectivity index (χ0) is 14.0. The minimum Gasteiger partial charge on any atom is -0.329 e. The first-order valence-electron chi connectivity index (χ1n) is 6.44. The Bertz CT molecular complexity index is 530. The smallest absolute Gasteiger partial charge is 0.243 e. The highest BCUT2D eigenvalue weighted by Crippen LogP contribution is 2.28. The van der Waals surface area contributed by atoms with E-state index in [9.17, 15) is 8.42 Å². The molecule has 1 aliphatic heterocycles. The lowest BCUT2D eigenvalue weighted by Crippen LogP contribution is -2.51. The molecule has 2 N–H and O–H groups in total. The molecule has 2 rings (SSSR count). The van der Waals surface area contributed by atoms with E-state index < -0.39 is 10.0 Å². The summed E-state index contributed by atoms with van der Waals surface area (Å²) in [4.78, 5) is 0.362. The summed E-state index contributed by atoms with van der Waals surface area (Å²) in [6.45, 7) is 3.03. The maximum atomic E-state index is 12.7. The molecule has 0 amide bonds. The van der Waals surface area contributed by atoms with Gasteiger partial charge in [-0.3, -0.25) is 0 Å². The fraction of sp³-hybridized carbons (Fsp3) is 0.538. The Kier molecular flexibility index (Phi) is 4.86. The van der Waals surface area contributed by atoms with Gasteiger partial charge in [0.25, 0.3) is 0 Å². The maximum Gasteiger partial charge on any atom is 0.243 e. The van der Waals surface area contributed by atoms with Crippen LogP contribution in [0.2, 0.25) is 0 Å². The van der Waals surface area contributed by atoms with E-state index in [1.807, 2.05) is 12.1 Å². The minimum atomic E-state index is -3.42. The van der Waals surface area contributed by atoms with Gasteiger partial charge in [0.1, 0.15) is 0 Å². The third-order valence-corrected chi connectivity index (χ3v) is 6.38. The fourth-order valence-electron chi connectivity index (χ4n) is 2.60. The second-order valence-corrected chi connectivity index (χ2v) is 8.13. The summed E-state index contributed by atoms with van der Waals surface area (Å²) in [5.41, 5.74) is 5.78. The number of nitrogens with zero attached hydrogens (tertiary/aromatic N) is 1. The van der Waals surface area contributed by atoms with Gasteiger partial charge in [0.05, 0.1) is 4.90 Å². The lowest BCUT2D eigenvalue weighted by atomic mass is 9.93. The summed E-state index contributed by atoms with van der Waals surface area (Å²) in [5, 5.41) is 0. The molecule has 2 unspecified atom stereocenters. The van der Waals surface area contributed by atoms with Gasteiger partial charge in [-0.05, 0) is 65.6 Å². The molecule has 0 aliphatic carbocycles. The molecule has 0 bridgehead atoms. The van der Waals surface area contributed by atoms with Crippen LogP contribution in [0.4, 0.5) is 0 Å². The van der Waals surface area contributed by atoms with Gasteiger partial charge in [-0.25, -0.2) is 8.42 Å². The standard InChI is InChI=1S/C13H19IN2O2S/c1-10-3-2-8-16(13(10)9-15)19(17,18)12-6-4-11(14)5-7-12/h4-7,10,13H,2-3,8-9,15H2,1H3. The molecule has 6 heteroatoms. The summed E-state index contributed by atoms with van der Waals surface area (Å²) in [6.07, 6.45) is 1.95. The fourth-order valence-corrected chi connectivity index (χ4v) is 4.73. The number of benzene rings is 1. The summed E-state index contributed by atoms with van der Waals surface area (Å²) in [6, 6.07) is 6.89. The van der Waals surface area contributed by atoms with Crippen LogP contribution in [0, 0.1) is 9.49 Å². The molecule has 1 heterocycles. The van der Waals surface area contributed by atoms with E-state index in [1.54, 1.807) is 16.4 Å². The largest absolute Gasteiger partial charge is 0.329 e. The van der Waals surface area contributed by atoms with Crippen LogP contribution in [0.5, 0.6) is 0 Å². The normalized spacial score (nSPS) is 25.4. The minimum absolute atomic E-state index is 0.0852. The van der Waals surface area contributed by atoms with Gasteiger partial charge in [-0.15, -0.1) is 0 Å². The number of nitrogens with two attached hydrogens (primary N) is 1. The van der Waals surface area contributed by atoms with Crippen molar-refractivity contribution in [3.63, 3.8) is 0 Å². The Morgan fingerprint density at radius 2 is 2.00 bits per heavy atom. The first-order chi connectivity index (χ1) is 8.96. The van der Waals surface area contributed by atoms with E-state index in [0.717, 1.165) is 16.4 Å². The molecule has 2 atom stereocenters. The lowest BCUT2D eigenvalue weighted by molar-refractivity contribution is 0.192. The van der Waals surface area contributed by atoms with E-state index in [-0.39, 0.29) is 6.04 Å². The van der Waals surface area contributed by atoms with E-state index >= 15 is 0 Å². The Morgan fingerprint density at radius 3 is 2.58 bits per heavy atom. The third-order valence-electron chi connectivity index (χ3n) is 3.73. The summed E-state index contributed by atoms with van der Waals surface area (Å²) >= 11 is 2.17. The van der Waals surface area contributed by atoms with Crippen LogP contribution >= 0.6 is 22.6 Å². The highest BCUT2D eigenvalue weighted by Gasteiger charge is 2.36. The molecule has 1 aliphatic rings. The number of halogens is 1. The highest BCUT2D eigenvalue weighted by molar-refractivity contribution is 14.1. The van der Waals surface area contributed by atoms with Crippen LogP contribution in [0.15, 0.2) is 29.2 Å². The van der Waals surface area contributed by atoms with Crippen molar-refractivity contribution in [2.24, 2.45) is 11.7 Å².